The summed E-state index contributed by atoms with van der Waals surface area (Å²) in [6.45, 7) is 2.65. The lowest BCUT2D eigenvalue weighted by molar-refractivity contribution is -0.118. The van der Waals surface area contributed by atoms with E-state index in [0.29, 0.717) is 22.3 Å². The van der Waals surface area contributed by atoms with Crippen LogP contribution in [0, 0.1) is 0 Å². The molecule has 0 saturated heterocycles. The van der Waals surface area contributed by atoms with E-state index >= 15 is 0 Å². The first-order valence-electron chi connectivity index (χ1n) is 9.91. The highest BCUT2D eigenvalue weighted by Crippen LogP contribution is 2.26. The zero-order valence-electron chi connectivity index (χ0n) is 17.2. The van der Waals surface area contributed by atoms with Gasteiger partial charge in [0.1, 0.15) is 5.75 Å². The molecule has 4 aromatic rings. The molecule has 0 aliphatic rings. The summed E-state index contributed by atoms with van der Waals surface area (Å²) >= 11 is 7.24. The number of hydrogen-bond acceptors (Lipinski definition) is 6. The van der Waals surface area contributed by atoms with Gasteiger partial charge in [-0.1, -0.05) is 53.7 Å². The summed E-state index contributed by atoms with van der Waals surface area (Å²) in [6, 6.07) is 18.5. The number of fused-ring (bicyclic) bond motifs is 1. The van der Waals surface area contributed by atoms with Crippen molar-refractivity contribution in [1.82, 2.24) is 20.2 Å². The van der Waals surface area contributed by atoms with E-state index in [1.54, 1.807) is 18.2 Å². The normalized spacial score (nSPS) is 11.3. The van der Waals surface area contributed by atoms with Crippen LogP contribution in [0.2, 0.25) is 5.02 Å². The van der Waals surface area contributed by atoms with Crippen molar-refractivity contribution in [2.75, 3.05) is 5.75 Å². The molecule has 0 fully saturated rings. The third kappa shape index (κ3) is 4.76. The highest BCUT2D eigenvalue weighted by atomic mass is 35.5. The van der Waals surface area contributed by atoms with Crippen LogP contribution in [0.25, 0.3) is 22.2 Å². The number of amides is 1. The molecule has 1 aromatic heterocycles. The lowest BCUT2D eigenvalue weighted by Crippen LogP contribution is -2.20. The van der Waals surface area contributed by atoms with Gasteiger partial charge in [-0.15, -0.1) is 10.2 Å². The second kappa shape index (κ2) is 9.84. The van der Waals surface area contributed by atoms with Crippen LogP contribution in [0.15, 0.2) is 70.9 Å². The first-order valence-corrected chi connectivity index (χ1v) is 11.3. The molecule has 0 spiro atoms. The van der Waals surface area contributed by atoms with Crippen molar-refractivity contribution < 1.29 is 9.90 Å². The average molecular weight is 466 g/mol. The van der Waals surface area contributed by atoms with Crippen LogP contribution in [0.3, 0.4) is 0 Å². The van der Waals surface area contributed by atoms with Crippen molar-refractivity contribution >= 4 is 46.3 Å². The summed E-state index contributed by atoms with van der Waals surface area (Å²) in [5.41, 5.74) is 3.95. The highest BCUT2D eigenvalue weighted by Gasteiger charge is 2.14. The minimum atomic E-state index is -0.287. The average Bonchev–Trinajstić information content (AvgIpc) is 3.22. The van der Waals surface area contributed by atoms with Crippen molar-refractivity contribution in [2.24, 2.45) is 5.10 Å². The van der Waals surface area contributed by atoms with E-state index in [2.05, 4.69) is 20.7 Å². The topological polar surface area (TPSA) is 92.4 Å². The van der Waals surface area contributed by atoms with E-state index in [1.807, 2.05) is 54.0 Å². The number of hydrazone groups is 1. The summed E-state index contributed by atoms with van der Waals surface area (Å²) in [5, 5.41) is 25.8. The Morgan fingerprint density at radius 2 is 1.94 bits per heavy atom. The molecule has 2 N–H and O–H groups in total. The van der Waals surface area contributed by atoms with Crippen LogP contribution >= 0.6 is 23.4 Å². The molecule has 0 aliphatic heterocycles. The minimum absolute atomic E-state index is 0.0989. The van der Waals surface area contributed by atoms with Gasteiger partial charge in [-0.25, -0.2) is 5.43 Å². The molecule has 1 heterocycles. The van der Waals surface area contributed by atoms with Crippen LogP contribution in [0.1, 0.15) is 12.5 Å². The summed E-state index contributed by atoms with van der Waals surface area (Å²) in [6.07, 6.45) is 1.45. The van der Waals surface area contributed by atoms with Crippen LogP contribution in [-0.4, -0.2) is 37.7 Å². The number of thioether (sulfide) groups is 1. The fourth-order valence-corrected chi connectivity index (χ4v) is 4.16. The molecule has 0 saturated carbocycles. The number of carbonyl (C=O) groups excluding carboxylic acids is 1. The van der Waals surface area contributed by atoms with Gasteiger partial charge in [0.2, 0.25) is 0 Å². The van der Waals surface area contributed by atoms with Gasteiger partial charge in [-0.05, 0) is 48.0 Å². The minimum Gasteiger partial charge on any atom is -0.507 e. The van der Waals surface area contributed by atoms with Crippen molar-refractivity contribution in [3.8, 4) is 17.1 Å². The number of rotatable bonds is 7. The van der Waals surface area contributed by atoms with E-state index in [9.17, 15) is 9.90 Å². The van der Waals surface area contributed by atoms with Gasteiger partial charge >= 0.3 is 0 Å². The zero-order valence-corrected chi connectivity index (χ0v) is 18.8. The molecule has 0 unspecified atom stereocenters. The monoisotopic (exact) mass is 465 g/mol. The van der Waals surface area contributed by atoms with E-state index in [1.165, 1.54) is 18.0 Å². The van der Waals surface area contributed by atoms with Crippen LogP contribution in [0.4, 0.5) is 0 Å². The van der Waals surface area contributed by atoms with E-state index < -0.39 is 0 Å². The number of nitrogens with zero attached hydrogens (tertiary/aromatic N) is 4. The predicted molar refractivity (Wildman–Crippen MR) is 128 cm³/mol. The molecule has 32 heavy (non-hydrogen) atoms. The van der Waals surface area contributed by atoms with Gasteiger partial charge in [0.05, 0.1) is 12.0 Å². The van der Waals surface area contributed by atoms with Gasteiger partial charge in [0.15, 0.2) is 11.0 Å². The second-order valence-corrected chi connectivity index (χ2v) is 8.24. The lowest BCUT2D eigenvalue weighted by Gasteiger charge is -2.07. The Labute approximate surface area is 194 Å². The Morgan fingerprint density at radius 1 is 1.16 bits per heavy atom. The fraction of sp³-hybridized carbons (Fsp3) is 0.130. The standard InChI is InChI=1S/C23H20ClN5O2S/c1-2-29-22(16-7-10-17(24)11-8-16)27-28-23(29)32-14-21(31)26-25-13-19-18-6-4-3-5-15(18)9-12-20(19)30/h3-13,30H,2,14H2,1H3,(H,26,31)/b25-13-. The quantitative estimate of drug-likeness (QED) is 0.234. The van der Waals surface area contributed by atoms with Gasteiger partial charge < -0.3 is 9.67 Å². The number of hydrogen-bond donors (Lipinski definition) is 2. The molecule has 9 heteroatoms. The molecule has 0 atom stereocenters. The molecule has 3 aromatic carbocycles. The summed E-state index contributed by atoms with van der Waals surface area (Å²) in [5.74, 6) is 0.653. The highest BCUT2D eigenvalue weighted by molar-refractivity contribution is 7.99. The smallest absolute Gasteiger partial charge is 0.250 e. The third-order valence-corrected chi connectivity index (χ3v) is 6.02. The number of nitrogens with one attached hydrogen (secondary N) is 1. The third-order valence-electron chi connectivity index (χ3n) is 4.80. The second-order valence-electron chi connectivity index (χ2n) is 6.86. The number of phenols is 1. The number of aromatic hydroxyl groups is 1. The molecule has 7 nitrogen and oxygen atoms in total. The first kappa shape index (κ1) is 21.9. The maximum atomic E-state index is 12.3. The largest absolute Gasteiger partial charge is 0.507 e. The van der Waals surface area contributed by atoms with Gasteiger partial charge in [-0.2, -0.15) is 5.10 Å². The summed E-state index contributed by atoms with van der Waals surface area (Å²) in [7, 11) is 0. The molecule has 1 amide bonds. The maximum Gasteiger partial charge on any atom is 0.250 e. The Kier molecular flexibility index (Phi) is 6.72. The predicted octanol–water partition coefficient (Wildman–Crippen LogP) is 4.72. The Balaban J connectivity index is 1.41. The summed E-state index contributed by atoms with van der Waals surface area (Å²) < 4.78 is 1.94. The van der Waals surface area contributed by atoms with E-state index in [-0.39, 0.29) is 17.4 Å². The number of carbonyl (C=O) groups is 1. The van der Waals surface area contributed by atoms with Crippen LogP contribution in [-0.2, 0) is 11.3 Å². The van der Waals surface area contributed by atoms with Crippen molar-refractivity contribution in [1.29, 1.82) is 0 Å². The van der Waals surface area contributed by atoms with Crippen molar-refractivity contribution in [3.05, 3.63) is 71.2 Å². The molecule has 0 bridgehead atoms. The lowest BCUT2D eigenvalue weighted by atomic mass is 10.0. The Hall–Kier alpha value is -3.36. The van der Waals surface area contributed by atoms with Gasteiger partial charge in [0.25, 0.3) is 5.91 Å². The zero-order chi connectivity index (χ0) is 22.5. The first-order chi connectivity index (χ1) is 15.6. The molecule has 162 valence electrons. The molecule has 4 rings (SSSR count). The van der Waals surface area contributed by atoms with Crippen molar-refractivity contribution in [2.45, 2.75) is 18.6 Å². The van der Waals surface area contributed by atoms with Crippen LogP contribution < -0.4 is 5.43 Å². The maximum absolute atomic E-state index is 12.3. The van der Waals surface area contributed by atoms with Gasteiger partial charge in [0, 0.05) is 22.7 Å². The molecule has 0 aliphatic carbocycles. The molecule has 0 radical (unpaired) electrons. The number of benzene rings is 3. The number of aromatic nitrogens is 3. The van der Waals surface area contributed by atoms with E-state index in [0.717, 1.165) is 22.2 Å². The van der Waals surface area contributed by atoms with Gasteiger partial charge in [-0.3, -0.25) is 4.79 Å². The van der Waals surface area contributed by atoms with Crippen LogP contribution in [0.5, 0.6) is 5.75 Å². The van der Waals surface area contributed by atoms with E-state index in [4.69, 9.17) is 11.6 Å². The molecular weight excluding hydrogens is 446 g/mol. The Bertz CT molecular complexity index is 1290. The fourth-order valence-electron chi connectivity index (χ4n) is 3.24. The van der Waals surface area contributed by atoms with Crippen molar-refractivity contribution in [3.63, 3.8) is 0 Å². The Morgan fingerprint density at radius 3 is 2.72 bits per heavy atom. The molecular formula is C23H20ClN5O2S. The number of phenolic OH excluding ortho intramolecular Hbond substituents is 1. The summed E-state index contributed by atoms with van der Waals surface area (Å²) in [4.78, 5) is 12.3. The number of halogens is 1. The SMILES string of the molecule is CCn1c(SCC(=O)N/N=C\c2c(O)ccc3ccccc23)nnc1-c1ccc(Cl)cc1.